The van der Waals surface area contributed by atoms with Crippen LogP contribution in [0.1, 0.15) is 34.8 Å². The van der Waals surface area contributed by atoms with Crippen molar-refractivity contribution >= 4 is 28.1 Å². The van der Waals surface area contributed by atoms with Crippen molar-refractivity contribution in [3.63, 3.8) is 0 Å². The average Bonchev–Trinajstić information content (AvgIpc) is 3.14. The predicted octanol–water partition coefficient (Wildman–Crippen LogP) is 3.51. The molecule has 0 fully saturated rings. The van der Waals surface area contributed by atoms with E-state index in [-0.39, 0.29) is 11.9 Å². The monoisotopic (exact) mass is 285 g/mol. The van der Waals surface area contributed by atoms with Crippen LogP contribution in [0.3, 0.4) is 0 Å². The molecule has 0 aliphatic carbocycles. The maximum Gasteiger partial charge on any atom is 0.251 e. The zero-order chi connectivity index (χ0) is 13.9. The van der Waals surface area contributed by atoms with E-state index in [9.17, 15) is 4.79 Å². The minimum absolute atomic E-state index is 0.0261. The highest BCUT2D eigenvalue weighted by Gasteiger charge is 2.16. The minimum atomic E-state index is -0.0662. The van der Waals surface area contributed by atoms with Gasteiger partial charge in [-0.15, -0.1) is 11.3 Å². The summed E-state index contributed by atoms with van der Waals surface area (Å²) in [5.41, 5.74) is 1.63. The molecule has 0 aliphatic heterocycles. The van der Waals surface area contributed by atoms with E-state index in [1.54, 1.807) is 17.5 Å². The fourth-order valence-corrected chi connectivity index (χ4v) is 2.95. The smallest absolute Gasteiger partial charge is 0.251 e. The summed E-state index contributed by atoms with van der Waals surface area (Å²) in [6.45, 7) is 2.04. The van der Waals surface area contributed by atoms with E-state index in [4.69, 9.17) is 0 Å². The first-order valence-corrected chi connectivity index (χ1v) is 7.43. The molecular formula is C15H15N3OS. The van der Waals surface area contributed by atoms with E-state index < -0.39 is 0 Å². The number of carbonyl (C=O) groups is 1. The summed E-state index contributed by atoms with van der Waals surface area (Å²) in [5, 5.41) is 7.01. The molecular weight excluding hydrogens is 270 g/mol. The third-order valence-corrected chi connectivity index (χ3v) is 4.17. The Kier molecular flexibility index (Phi) is 3.52. The number of aromatic amines is 1. The van der Waals surface area contributed by atoms with Gasteiger partial charge in [-0.2, -0.15) is 0 Å². The van der Waals surface area contributed by atoms with Gasteiger partial charge in [0.25, 0.3) is 5.91 Å². The van der Waals surface area contributed by atoms with Gasteiger partial charge in [0.15, 0.2) is 0 Å². The van der Waals surface area contributed by atoms with Gasteiger partial charge in [-0.3, -0.25) is 4.79 Å². The Labute approximate surface area is 120 Å². The third kappa shape index (κ3) is 2.44. The number of fused-ring (bicyclic) bond motifs is 1. The molecule has 0 spiro atoms. The molecule has 4 nitrogen and oxygen atoms in total. The standard InChI is InChI=1S/C15H15N3OS/c1-2-12(15-17-7-8-20-15)18-14(19)11-4-3-10-5-6-16-13(10)9-11/h3-9,12,16H,2H2,1H3,(H,18,19). The number of hydrogen-bond donors (Lipinski definition) is 2. The first kappa shape index (κ1) is 12.9. The molecule has 1 aromatic carbocycles. The van der Waals surface area contributed by atoms with Gasteiger partial charge < -0.3 is 10.3 Å². The molecule has 2 aromatic heterocycles. The van der Waals surface area contributed by atoms with Crippen molar-refractivity contribution in [3.8, 4) is 0 Å². The Balaban J connectivity index is 1.81. The Morgan fingerprint density at radius 1 is 1.45 bits per heavy atom. The van der Waals surface area contributed by atoms with Crippen molar-refractivity contribution in [2.75, 3.05) is 0 Å². The van der Waals surface area contributed by atoms with E-state index in [0.29, 0.717) is 5.56 Å². The number of amides is 1. The second-order valence-corrected chi connectivity index (χ2v) is 5.51. The van der Waals surface area contributed by atoms with Crippen molar-refractivity contribution in [1.82, 2.24) is 15.3 Å². The van der Waals surface area contributed by atoms with E-state index in [1.807, 2.05) is 42.8 Å². The lowest BCUT2D eigenvalue weighted by Crippen LogP contribution is -2.28. The number of hydrogen-bond acceptors (Lipinski definition) is 3. The fourth-order valence-electron chi connectivity index (χ4n) is 2.18. The van der Waals surface area contributed by atoms with E-state index in [0.717, 1.165) is 22.3 Å². The number of H-pyrrole nitrogens is 1. The summed E-state index contributed by atoms with van der Waals surface area (Å²) in [4.78, 5) is 19.7. The quantitative estimate of drug-likeness (QED) is 0.770. The van der Waals surface area contributed by atoms with Crippen LogP contribution < -0.4 is 5.32 Å². The van der Waals surface area contributed by atoms with Gasteiger partial charge >= 0.3 is 0 Å². The van der Waals surface area contributed by atoms with E-state index >= 15 is 0 Å². The van der Waals surface area contributed by atoms with Crippen LogP contribution in [0, 0.1) is 0 Å². The molecule has 0 radical (unpaired) electrons. The second-order valence-electron chi connectivity index (χ2n) is 4.58. The summed E-state index contributed by atoms with van der Waals surface area (Å²) in [6, 6.07) is 7.63. The zero-order valence-corrected chi connectivity index (χ0v) is 11.9. The first-order valence-electron chi connectivity index (χ1n) is 6.55. The number of thiazole rings is 1. The largest absolute Gasteiger partial charge is 0.361 e. The molecule has 3 aromatic rings. The number of carbonyl (C=O) groups excluding carboxylic acids is 1. The summed E-state index contributed by atoms with van der Waals surface area (Å²) in [5.74, 6) is -0.0662. The van der Waals surface area contributed by atoms with Gasteiger partial charge in [0.2, 0.25) is 0 Å². The van der Waals surface area contributed by atoms with Crippen molar-refractivity contribution in [2.24, 2.45) is 0 Å². The average molecular weight is 285 g/mol. The van der Waals surface area contributed by atoms with Gasteiger partial charge in [-0.05, 0) is 30.0 Å². The van der Waals surface area contributed by atoms with Crippen LogP contribution in [0.2, 0.25) is 0 Å². The van der Waals surface area contributed by atoms with E-state index in [2.05, 4.69) is 15.3 Å². The van der Waals surface area contributed by atoms with Crippen LogP contribution in [0.4, 0.5) is 0 Å². The second kappa shape index (κ2) is 5.46. The molecule has 1 unspecified atom stereocenters. The highest BCUT2D eigenvalue weighted by atomic mass is 32.1. The molecule has 3 rings (SSSR count). The normalized spacial score (nSPS) is 12.4. The Hall–Kier alpha value is -2.14. The molecule has 20 heavy (non-hydrogen) atoms. The van der Waals surface area contributed by atoms with Crippen LogP contribution in [0.5, 0.6) is 0 Å². The number of rotatable bonds is 4. The lowest BCUT2D eigenvalue weighted by molar-refractivity contribution is 0.0935. The summed E-state index contributed by atoms with van der Waals surface area (Å²) < 4.78 is 0. The Morgan fingerprint density at radius 3 is 3.10 bits per heavy atom. The maximum atomic E-state index is 12.3. The lowest BCUT2D eigenvalue weighted by Gasteiger charge is -2.14. The first-order chi connectivity index (χ1) is 9.78. The zero-order valence-electron chi connectivity index (χ0n) is 11.1. The predicted molar refractivity (Wildman–Crippen MR) is 80.9 cm³/mol. The molecule has 0 aliphatic rings. The topological polar surface area (TPSA) is 57.8 Å². The highest BCUT2D eigenvalue weighted by molar-refractivity contribution is 7.09. The molecule has 2 heterocycles. The van der Waals surface area contributed by atoms with Gasteiger partial charge in [-0.1, -0.05) is 13.0 Å². The molecule has 0 saturated heterocycles. The van der Waals surface area contributed by atoms with Crippen LogP contribution >= 0.6 is 11.3 Å². The SMILES string of the molecule is CCC(NC(=O)c1ccc2cc[nH]c2c1)c1nccs1. The van der Waals surface area contributed by atoms with Crippen LogP contribution in [0.25, 0.3) is 10.9 Å². The molecule has 5 heteroatoms. The van der Waals surface area contributed by atoms with Crippen molar-refractivity contribution < 1.29 is 4.79 Å². The Bertz CT molecular complexity index is 718. The lowest BCUT2D eigenvalue weighted by atomic mass is 10.1. The summed E-state index contributed by atoms with van der Waals surface area (Å²) in [6.07, 6.45) is 4.46. The number of nitrogens with one attached hydrogen (secondary N) is 2. The molecule has 1 amide bonds. The van der Waals surface area contributed by atoms with Crippen molar-refractivity contribution in [3.05, 3.63) is 52.6 Å². The number of aromatic nitrogens is 2. The van der Waals surface area contributed by atoms with Gasteiger partial charge in [0.05, 0.1) is 6.04 Å². The van der Waals surface area contributed by atoms with Gasteiger partial charge in [0, 0.05) is 28.9 Å². The molecule has 1 atom stereocenters. The fraction of sp³-hybridized carbons (Fsp3) is 0.200. The molecule has 0 saturated carbocycles. The van der Waals surface area contributed by atoms with Crippen molar-refractivity contribution in [1.29, 1.82) is 0 Å². The highest BCUT2D eigenvalue weighted by Crippen LogP contribution is 2.20. The summed E-state index contributed by atoms with van der Waals surface area (Å²) in [7, 11) is 0. The maximum absolute atomic E-state index is 12.3. The van der Waals surface area contributed by atoms with Gasteiger partial charge in [0.1, 0.15) is 5.01 Å². The summed E-state index contributed by atoms with van der Waals surface area (Å²) >= 11 is 1.56. The molecule has 102 valence electrons. The van der Waals surface area contributed by atoms with Crippen LogP contribution in [-0.2, 0) is 0 Å². The number of benzene rings is 1. The van der Waals surface area contributed by atoms with Crippen LogP contribution in [0.15, 0.2) is 42.0 Å². The van der Waals surface area contributed by atoms with Gasteiger partial charge in [-0.25, -0.2) is 4.98 Å². The third-order valence-electron chi connectivity index (χ3n) is 3.28. The molecule has 0 bridgehead atoms. The van der Waals surface area contributed by atoms with Crippen molar-refractivity contribution in [2.45, 2.75) is 19.4 Å². The van der Waals surface area contributed by atoms with E-state index in [1.165, 1.54) is 0 Å². The number of nitrogens with zero attached hydrogens (tertiary/aromatic N) is 1. The van der Waals surface area contributed by atoms with Crippen LogP contribution in [-0.4, -0.2) is 15.9 Å². The minimum Gasteiger partial charge on any atom is -0.361 e. The Morgan fingerprint density at radius 2 is 2.35 bits per heavy atom. The molecule has 2 N–H and O–H groups in total.